The van der Waals surface area contributed by atoms with Gasteiger partial charge in [0, 0.05) is 0 Å². The SMILES string of the molecule is Cc1ccc(N(c2ccc(CC3(Cc4ccc(N(c5ccc(C)cc5)c5ccc(C(C)(C)C)cc5)cc4)c4ccccc4-c4cc[c]([Ge]([c]5ccccc5)([c]5ccccc5)[c]5ccc6c(c5)C(Cc5ccc(N(c7ccc(C)cc7)c7ccc(C(C)(C)C)cc7)cc5)(Cc5ccc(N(c7ccc(C(C)(C)C)cc7)c7ccc(C)cc7C)cc5)c5cc(C)ccc5-6)cc43)cc2)c2ccc(C(C)(C)C)cc2)cc1. The average Bonchev–Trinajstić information content (AvgIpc) is 1.46. The summed E-state index contributed by atoms with van der Waals surface area (Å²) in [4.78, 5) is 9.76. The average molecular weight is 1900 g/mol. The Balaban J connectivity index is 0.784. The molecule has 5 heteroatoms. The Morgan fingerprint density at radius 2 is 0.426 bits per heavy atom. The van der Waals surface area contributed by atoms with Crippen molar-refractivity contribution < 1.29 is 0 Å². The predicted octanol–water partition coefficient (Wildman–Crippen LogP) is 33.5. The monoisotopic (exact) mass is 1890 g/mol. The van der Waals surface area contributed by atoms with Gasteiger partial charge in [-0.25, -0.2) is 0 Å². The van der Waals surface area contributed by atoms with Gasteiger partial charge < -0.3 is 0 Å². The summed E-state index contributed by atoms with van der Waals surface area (Å²) in [5.74, 6) is 0. The fourth-order valence-corrected chi connectivity index (χ4v) is 32.6. The molecule has 0 aliphatic heterocycles. The summed E-state index contributed by atoms with van der Waals surface area (Å²) in [6.07, 6.45) is 2.96. The van der Waals surface area contributed by atoms with Crippen LogP contribution in [-0.4, -0.2) is 13.3 Å². The summed E-state index contributed by atoms with van der Waals surface area (Å²) >= 11 is -4.45. The fraction of sp³-hybridized carbons (Fsp3) is 0.206. The van der Waals surface area contributed by atoms with Crippen molar-refractivity contribution in [2.75, 3.05) is 19.6 Å². The number of nitrogens with zero attached hydrogens (tertiary/aromatic N) is 4. The van der Waals surface area contributed by atoms with Crippen molar-refractivity contribution >= 4 is 99.1 Å². The molecule has 18 aromatic rings. The molecule has 0 aromatic heterocycles. The second-order valence-corrected chi connectivity index (χ2v) is 52.5. The van der Waals surface area contributed by atoms with E-state index in [2.05, 4.69) is 569 Å². The van der Waals surface area contributed by atoms with Gasteiger partial charge in [-0.3, -0.25) is 0 Å². The van der Waals surface area contributed by atoms with Crippen molar-refractivity contribution in [3.05, 3.63) is 525 Å². The molecule has 700 valence electrons. The summed E-state index contributed by atoms with van der Waals surface area (Å²) in [5, 5.41) is 0. The van der Waals surface area contributed by atoms with E-state index in [1.165, 1.54) is 146 Å². The minimum absolute atomic E-state index is 0.00270. The summed E-state index contributed by atoms with van der Waals surface area (Å²) in [7, 11) is 0. The van der Waals surface area contributed by atoms with E-state index in [9.17, 15) is 0 Å². The molecular weight excluding hydrogens is 1760 g/mol. The summed E-state index contributed by atoms with van der Waals surface area (Å²) in [5.41, 5.74) is 40.7. The van der Waals surface area contributed by atoms with Gasteiger partial charge in [0.1, 0.15) is 0 Å². The summed E-state index contributed by atoms with van der Waals surface area (Å²) in [6.45, 7) is 40.9. The molecule has 18 aromatic carbocycles. The smallest absolute Gasteiger partial charge is 0.0572 e. The van der Waals surface area contributed by atoms with Gasteiger partial charge >= 0.3 is 568 Å². The number of rotatable bonds is 24. The summed E-state index contributed by atoms with van der Waals surface area (Å²) in [6, 6.07) is 166. The predicted molar refractivity (Wildman–Crippen MR) is 605 cm³/mol. The van der Waals surface area contributed by atoms with Crippen molar-refractivity contribution in [2.24, 2.45) is 0 Å². The quantitative estimate of drug-likeness (QED) is 0.0559. The minimum atomic E-state index is -4.45. The molecule has 0 amide bonds. The first-order chi connectivity index (χ1) is 67.8. The number of benzene rings is 18. The third-order valence-electron chi connectivity index (χ3n) is 30.3. The Bertz CT molecular complexity index is 7330. The van der Waals surface area contributed by atoms with Crippen molar-refractivity contribution in [3.8, 4) is 22.3 Å². The van der Waals surface area contributed by atoms with E-state index >= 15 is 0 Å². The topological polar surface area (TPSA) is 13.0 Å². The Labute approximate surface area is 842 Å². The van der Waals surface area contributed by atoms with Crippen molar-refractivity contribution in [1.82, 2.24) is 0 Å². The molecule has 1 atom stereocenters. The second-order valence-electron chi connectivity index (χ2n) is 44.5. The van der Waals surface area contributed by atoms with Crippen LogP contribution in [0.5, 0.6) is 0 Å². The molecule has 1 unspecified atom stereocenters. The van der Waals surface area contributed by atoms with Crippen LogP contribution >= 0.6 is 0 Å². The van der Waals surface area contributed by atoms with Crippen LogP contribution in [-0.2, 0) is 58.2 Å². The van der Waals surface area contributed by atoms with Gasteiger partial charge in [-0.05, 0) is 78.5 Å². The molecule has 2 aliphatic carbocycles. The first-order valence-electron chi connectivity index (χ1n) is 50.6. The molecule has 0 saturated heterocycles. The molecule has 2 aliphatic rings. The van der Waals surface area contributed by atoms with Gasteiger partial charge in [-0.1, -0.05) is 202 Å². The standard InChI is InChI=1S/C136H132GeN4/c1-93-33-59-111(60-34-93)138(117-73-49-103(50-74-117)131(7,8)9)114-65-41-99(42-66-114)89-135(90-100-43-67-115(68-44-100)139(112-61-35-94(2)36-62-112)118-75-51-104(52-76-118)132(10,11)12)126-32-26-25-31-122(126)124-82-57-109(87-128(124)135)137(107-27-21-19-22-28-107,108-29-23-20-24-30-108)110-58-83-125-123-81-39-97(5)86-127(123)136(129(125)88-110,91-101-45-69-116(70-46-101)140(113-63-37-95(3)38-64-113)119-77-53-105(54-78-119)133(13,14)15)92-102-47-71-120(72-48-102)141(130-84-40-96(4)85-98(130)6)121-79-55-106(56-80-121)134(16,17)18/h19-88H,89-92H2,1-18H3. The van der Waals surface area contributed by atoms with Crippen LogP contribution < -0.4 is 37.2 Å². The number of aryl methyl sites for hydroxylation is 6. The van der Waals surface area contributed by atoms with Crippen molar-refractivity contribution in [2.45, 2.75) is 183 Å². The Hall–Kier alpha value is -14.3. The number of fused-ring (bicyclic) bond motifs is 6. The van der Waals surface area contributed by atoms with Gasteiger partial charge in [0.05, 0.1) is 0 Å². The maximum atomic E-state index is 2.78. The Morgan fingerprint density at radius 1 is 0.191 bits per heavy atom. The molecule has 0 N–H and O–H groups in total. The van der Waals surface area contributed by atoms with Gasteiger partial charge in [0.2, 0.25) is 0 Å². The van der Waals surface area contributed by atoms with Gasteiger partial charge in [0.15, 0.2) is 0 Å². The third kappa shape index (κ3) is 18.5. The maximum absolute atomic E-state index is 4.45. The summed E-state index contributed by atoms with van der Waals surface area (Å²) < 4.78 is 5.54. The molecule has 4 nitrogen and oxygen atoms in total. The molecule has 20 rings (SSSR count). The Kier molecular flexibility index (Phi) is 25.2. The Morgan fingerprint density at radius 3 is 0.730 bits per heavy atom. The zero-order valence-corrected chi connectivity index (χ0v) is 87.6. The molecule has 141 heavy (non-hydrogen) atoms. The van der Waals surface area contributed by atoms with Crippen LogP contribution in [0.3, 0.4) is 0 Å². The van der Waals surface area contributed by atoms with Crippen LogP contribution in [0, 0.1) is 41.5 Å². The minimum Gasteiger partial charge on any atom is -0.0572 e. The van der Waals surface area contributed by atoms with E-state index in [4.69, 9.17) is 0 Å². The van der Waals surface area contributed by atoms with Crippen molar-refractivity contribution in [3.63, 3.8) is 0 Å². The van der Waals surface area contributed by atoms with E-state index < -0.39 is 24.1 Å². The fourth-order valence-electron chi connectivity index (χ4n) is 22.6. The van der Waals surface area contributed by atoms with Crippen LogP contribution in [0.25, 0.3) is 22.3 Å². The van der Waals surface area contributed by atoms with E-state index in [1.54, 1.807) is 0 Å². The van der Waals surface area contributed by atoms with E-state index in [-0.39, 0.29) is 21.7 Å². The molecule has 0 radical (unpaired) electrons. The zero-order chi connectivity index (χ0) is 98.1. The van der Waals surface area contributed by atoms with Gasteiger partial charge in [0.25, 0.3) is 0 Å². The van der Waals surface area contributed by atoms with E-state index in [0.29, 0.717) is 0 Å². The van der Waals surface area contributed by atoms with Crippen LogP contribution in [0.2, 0.25) is 0 Å². The van der Waals surface area contributed by atoms with Crippen LogP contribution in [0.1, 0.15) is 183 Å². The van der Waals surface area contributed by atoms with E-state index in [1.807, 2.05) is 0 Å². The van der Waals surface area contributed by atoms with E-state index in [0.717, 1.165) is 88.2 Å². The first kappa shape index (κ1) is 94.3. The number of hydrogen-bond donors (Lipinski definition) is 0. The molecule has 0 heterocycles. The second kappa shape index (κ2) is 37.7. The molecule has 0 spiro atoms. The molecular formula is C136H132GeN4. The third-order valence-corrected chi connectivity index (χ3v) is 40.3. The van der Waals surface area contributed by atoms with Crippen molar-refractivity contribution in [1.29, 1.82) is 0 Å². The normalized spacial score (nSPS) is 13.8. The van der Waals surface area contributed by atoms with Gasteiger partial charge in [-0.15, -0.1) is 0 Å². The molecule has 0 bridgehead atoms. The number of anilines is 12. The number of hydrogen-bond acceptors (Lipinski definition) is 4. The van der Waals surface area contributed by atoms with Gasteiger partial charge in [-0.2, -0.15) is 0 Å². The zero-order valence-electron chi connectivity index (χ0n) is 85.5. The molecule has 0 fully saturated rings. The first-order valence-corrected chi connectivity index (χ1v) is 54.8. The molecule has 0 saturated carbocycles. The van der Waals surface area contributed by atoms with Crippen LogP contribution in [0.4, 0.5) is 68.2 Å². The van der Waals surface area contributed by atoms with Crippen LogP contribution in [0.15, 0.2) is 425 Å².